The van der Waals surface area contributed by atoms with Crippen molar-refractivity contribution in [3.05, 3.63) is 0 Å². The molecule has 0 rings (SSSR count). The Morgan fingerprint density at radius 3 is 2.27 bits per heavy atom. The fourth-order valence-electron chi connectivity index (χ4n) is 0.863. The maximum Gasteiger partial charge on any atom is 0.0207 e. The van der Waals surface area contributed by atoms with Crippen molar-refractivity contribution in [1.82, 2.24) is 0 Å². The summed E-state index contributed by atoms with van der Waals surface area (Å²) in [6.07, 6.45) is 4.03. The summed E-state index contributed by atoms with van der Waals surface area (Å²) in [7, 11) is 4.02. The van der Waals surface area contributed by atoms with Crippen molar-refractivity contribution in [3.63, 3.8) is 0 Å². The number of hydrogen-bond donors (Lipinski definition) is 0. The SMILES string of the molecule is CCCCC(C)(C)SSCC. The third kappa shape index (κ3) is 7.07. The monoisotopic (exact) mass is 192 g/mol. The summed E-state index contributed by atoms with van der Waals surface area (Å²) in [5.74, 6) is 1.22. The van der Waals surface area contributed by atoms with Gasteiger partial charge in [0.05, 0.1) is 0 Å². The Balaban J connectivity index is 3.43. The summed E-state index contributed by atoms with van der Waals surface area (Å²) >= 11 is 0. The minimum atomic E-state index is 0.483. The molecule has 0 aliphatic carbocycles. The lowest BCUT2D eigenvalue weighted by atomic mass is 10.1. The molecule has 0 heterocycles. The van der Waals surface area contributed by atoms with Gasteiger partial charge in [-0.05, 0) is 20.3 Å². The smallest absolute Gasteiger partial charge is 0.0207 e. The average Bonchev–Trinajstić information content (AvgIpc) is 1.97. The second kappa shape index (κ2) is 6.24. The van der Waals surface area contributed by atoms with Gasteiger partial charge in [0.15, 0.2) is 0 Å². The second-order valence-electron chi connectivity index (χ2n) is 3.35. The Bertz CT molecular complexity index is 79.6. The van der Waals surface area contributed by atoms with Crippen molar-refractivity contribution in [2.24, 2.45) is 0 Å². The van der Waals surface area contributed by atoms with Crippen LogP contribution >= 0.6 is 21.6 Å². The Morgan fingerprint density at radius 2 is 1.82 bits per heavy atom. The standard InChI is InChI=1S/C9H20S2/c1-5-7-8-9(3,4)11-10-6-2/h5-8H2,1-4H3. The Labute approximate surface area is 79.3 Å². The first-order valence-electron chi connectivity index (χ1n) is 4.43. The molecule has 0 aromatic carbocycles. The lowest BCUT2D eigenvalue weighted by Gasteiger charge is -2.22. The molecule has 0 N–H and O–H groups in total. The molecule has 0 nitrogen and oxygen atoms in total. The van der Waals surface area contributed by atoms with E-state index in [2.05, 4.69) is 27.7 Å². The van der Waals surface area contributed by atoms with E-state index >= 15 is 0 Å². The summed E-state index contributed by atoms with van der Waals surface area (Å²) in [6.45, 7) is 9.16. The van der Waals surface area contributed by atoms with Crippen LogP contribution in [-0.2, 0) is 0 Å². The first-order valence-corrected chi connectivity index (χ1v) is 6.75. The predicted octanol–water partition coefficient (Wildman–Crippen LogP) is 4.36. The van der Waals surface area contributed by atoms with Gasteiger partial charge in [0, 0.05) is 10.5 Å². The molecule has 0 atom stereocenters. The molecular weight excluding hydrogens is 172 g/mol. The quantitative estimate of drug-likeness (QED) is 0.574. The zero-order valence-electron chi connectivity index (χ0n) is 8.14. The molecule has 0 aromatic rings. The van der Waals surface area contributed by atoms with Gasteiger partial charge in [-0.1, -0.05) is 48.3 Å². The van der Waals surface area contributed by atoms with Crippen LogP contribution in [0.1, 0.15) is 47.0 Å². The first kappa shape index (κ1) is 11.7. The van der Waals surface area contributed by atoms with Crippen LogP contribution in [0.3, 0.4) is 0 Å². The molecule has 2 heteroatoms. The van der Waals surface area contributed by atoms with E-state index in [9.17, 15) is 0 Å². The molecule has 0 aliphatic rings. The number of rotatable bonds is 6. The molecular formula is C9H20S2. The van der Waals surface area contributed by atoms with E-state index in [0.717, 1.165) is 0 Å². The largest absolute Gasteiger partial charge is 0.0939 e. The molecule has 0 bridgehead atoms. The zero-order chi connectivity index (χ0) is 8.74. The Kier molecular flexibility index (Phi) is 6.64. The fourth-order valence-corrected chi connectivity index (χ4v) is 3.09. The third-order valence-electron chi connectivity index (χ3n) is 1.53. The number of unbranched alkanes of at least 4 members (excludes halogenated alkanes) is 1. The Morgan fingerprint density at radius 1 is 1.18 bits per heavy atom. The van der Waals surface area contributed by atoms with Crippen molar-refractivity contribution < 1.29 is 0 Å². The van der Waals surface area contributed by atoms with E-state index in [4.69, 9.17) is 0 Å². The Hall–Kier alpha value is 0.700. The minimum Gasteiger partial charge on any atom is -0.0939 e. The molecule has 0 aliphatic heterocycles. The minimum absolute atomic E-state index is 0.483. The normalized spacial score (nSPS) is 12.0. The lowest BCUT2D eigenvalue weighted by Crippen LogP contribution is -2.12. The van der Waals surface area contributed by atoms with Crippen molar-refractivity contribution in [1.29, 1.82) is 0 Å². The van der Waals surface area contributed by atoms with Gasteiger partial charge in [0.2, 0.25) is 0 Å². The van der Waals surface area contributed by atoms with E-state index < -0.39 is 0 Å². The summed E-state index contributed by atoms with van der Waals surface area (Å²) in [5, 5.41) is 0. The summed E-state index contributed by atoms with van der Waals surface area (Å²) in [6, 6.07) is 0. The maximum absolute atomic E-state index is 2.34. The van der Waals surface area contributed by atoms with Crippen molar-refractivity contribution in [3.8, 4) is 0 Å². The van der Waals surface area contributed by atoms with Crippen LogP contribution in [0.5, 0.6) is 0 Å². The van der Waals surface area contributed by atoms with Crippen LogP contribution in [0, 0.1) is 0 Å². The van der Waals surface area contributed by atoms with Gasteiger partial charge < -0.3 is 0 Å². The summed E-state index contributed by atoms with van der Waals surface area (Å²) < 4.78 is 0.483. The highest BCUT2D eigenvalue weighted by Gasteiger charge is 2.17. The van der Waals surface area contributed by atoms with Crippen LogP contribution < -0.4 is 0 Å². The van der Waals surface area contributed by atoms with Gasteiger partial charge in [-0.25, -0.2) is 0 Å². The van der Waals surface area contributed by atoms with E-state index in [1.165, 1.54) is 25.0 Å². The molecule has 68 valence electrons. The highest BCUT2D eigenvalue weighted by atomic mass is 33.1. The third-order valence-corrected chi connectivity index (χ3v) is 4.96. The van der Waals surface area contributed by atoms with Gasteiger partial charge in [0.25, 0.3) is 0 Å². The molecule has 0 amide bonds. The fraction of sp³-hybridized carbons (Fsp3) is 1.00. The van der Waals surface area contributed by atoms with Crippen LogP contribution in [0.2, 0.25) is 0 Å². The molecule has 0 fully saturated rings. The molecule has 0 saturated heterocycles. The van der Waals surface area contributed by atoms with E-state index in [-0.39, 0.29) is 0 Å². The van der Waals surface area contributed by atoms with Crippen molar-refractivity contribution in [2.75, 3.05) is 5.75 Å². The van der Waals surface area contributed by atoms with Crippen molar-refractivity contribution >= 4 is 21.6 Å². The number of hydrogen-bond acceptors (Lipinski definition) is 2. The lowest BCUT2D eigenvalue weighted by molar-refractivity contribution is 0.597. The molecule has 0 spiro atoms. The maximum atomic E-state index is 2.34. The topological polar surface area (TPSA) is 0 Å². The van der Waals surface area contributed by atoms with Gasteiger partial charge in [-0.15, -0.1) is 0 Å². The van der Waals surface area contributed by atoms with Gasteiger partial charge in [-0.3, -0.25) is 0 Å². The first-order chi connectivity index (χ1) is 5.12. The molecule has 0 unspecified atom stereocenters. The van der Waals surface area contributed by atoms with Gasteiger partial charge >= 0.3 is 0 Å². The highest BCUT2D eigenvalue weighted by molar-refractivity contribution is 8.77. The molecule has 0 radical (unpaired) electrons. The highest BCUT2D eigenvalue weighted by Crippen LogP contribution is 2.38. The van der Waals surface area contributed by atoms with Gasteiger partial charge in [-0.2, -0.15) is 0 Å². The summed E-state index contributed by atoms with van der Waals surface area (Å²) in [4.78, 5) is 0. The molecule has 0 aromatic heterocycles. The van der Waals surface area contributed by atoms with Crippen LogP contribution in [0.15, 0.2) is 0 Å². The predicted molar refractivity (Wildman–Crippen MR) is 59.3 cm³/mol. The van der Waals surface area contributed by atoms with E-state index in [1.807, 2.05) is 21.6 Å². The van der Waals surface area contributed by atoms with E-state index in [0.29, 0.717) is 4.75 Å². The van der Waals surface area contributed by atoms with E-state index in [1.54, 1.807) is 0 Å². The zero-order valence-corrected chi connectivity index (χ0v) is 9.78. The van der Waals surface area contributed by atoms with Crippen LogP contribution in [0.25, 0.3) is 0 Å². The second-order valence-corrected chi connectivity index (χ2v) is 6.65. The molecule has 0 saturated carbocycles. The van der Waals surface area contributed by atoms with Crippen LogP contribution in [-0.4, -0.2) is 10.5 Å². The van der Waals surface area contributed by atoms with Gasteiger partial charge in [0.1, 0.15) is 0 Å². The summed E-state index contributed by atoms with van der Waals surface area (Å²) in [5.41, 5.74) is 0. The van der Waals surface area contributed by atoms with Crippen molar-refractivity contribution in [2.45, 2.75) is 51.7 Å². The van der Waals surface area contributed by atoms with Crippen LogP contribution in [0.4, 0.5) is 0 Å². The average molecular weight is 192 g/mol. The molecule has 11 heavy (non-hydrogen) atoms.